The van der Waals surface area contributed by atoms with Gasteiger partial charge in [-0.1, -0.05) is 6.58 Å². The maximum atomic E-state index is 11.6. The molecule has 0 aliphatic carbocycles. The van der Waals surface area contributed by atoms with Crippen molar-refractivity contribution < 1.29 is 19.1 Å². The Kier molecular flexibility index (Phi) is 6.25. The summed E-state index contributed by atoms with van der Waals surface area (Å²) in [4.78, 5) is 22.8. The fourth-order valence-corrected chi connectivity index (χ4v) is 3.75. The van der Waals surface area contributed by atoms with Gasteiger partial charge in [0.15, 0.2) is 0 Å². The quantitative estimate of drug-likeness (QED) is 0.417. The molecule has 1 heterocycles. The second kappa shape index (κ2) is 7.46. The van der Waals surface area contributed by atoms with Crippen LogP contribution in [0.5, 0.6) is 0 Å². The Morgan fingerprint density at radius 1 is 1.33 bits per heavy atom. The molecular formula is C13H21O4S+. The predicted octanol–water partition coefficient (Wildman–Crippen LogP) is 1.45. The van der Waals surface area contributed by atoms with E-state index in [4.69, 9.17) is 9.47 Å². The van der Waals surface area contributed by atoms with Gasteiger partial charge in [0.25, 0.3) is 0 Å². The summed E-state index contributed by atoms with van der Waals surface area (Å²) < 4.78 is 10.1. The molecule has 0 amide bonds. The molecule has 0 aromatic rings. The van der Waals surface area contributed by atoms with Crippen molar-refractivity contribution in [3.05, 3.63) is 12.2 Å². The third-order valence-electron chi connectivity index (χ3n) is 2.57. The van der Waals surface area contributed by atoms with Crippen LogP contribution in [0.2, 0.25) is 0 Å². The van der Waals surface area contributed by atoms with E-state index in [2.05, 4.69) is 6.58 Å². The molecule has 0 saturated carbocycles. The lowest BCUT2D eigenvalue weighted by Crippen LogP contribution is -2.27. The summed E-state index contributed by atoms with van der Waals surface area (Å²) >= 11 is 0. The van der Waals surface area contributed by atoms with E-state index < -0.39 is 12.1 Å². The number of carbonyl (C=O) groups excluding carboxylic acids is 2. The highest BCUT2D eigenvalue weighted by Crippen LogP contribution is 2.13. The number of ether oxygens (including phenoxy) is 2. The highest BCUT2D eigenvalue weighted by molar-refractivity contribution is 7.97. The van der Waals surface area contributed by atoms with Crippen molar-refractivity contribution in [3.63, 3.8) is 0 Å². The zero-order valence-corrected chi connectivity index (χ0v) is 11.9. The molecule has 5 heteroatoms. The van der Waals surface area contributed by atoms with Crippen molar-refractivity contribution in [2.24, 2.45) is 0 Å². The van der Waals surface area contributed by atoms with Gasteiger partial charge >= 0.3 is 11.9 Å². The van der Waals surface area contributed by atoms with E-state index in [-0.39, 0.29) is 23.5 Å². The van der Waals surface area contributed by atoms with Crippen LogP contribution in [0, 0.1) is 0 Å². The monoisotopic (exact) mass is 273 g/mol. The molecule has 1 aliphatic rings. The Hall–Kier alpha value is -0.970. The minimum atomic E-state index is -0.449. The van der Waals surface area contributed by atoms with E-state index in [1.807, 2.05) is 0 Å². The van der Waals surface area contributed by atoms with Gasteiger partial charge in [0.05, 0.1) is 0 Å². The molecule has 1 aliphatic heterocycles. The van der Waals surface area contributed by atoms with Crippen LogP contribution in [0.1, 0.15) is 26.7 Å². The van der Waals surface area contributed by atoms with Crippen LogP contribution in [0.3, 0.4) is 0 Å². The predicted molar refractivity (Wildman–Crippen MR) is 72.5 cm³/mol. The van der Waals surface area contributed by atoms with Gasteiger partial charge in [-0.25, -0.2) is 9.59 Å². The molecule has 102 valence electrons. The molecule has 0 bridgehead atoms. The van der Waals surface area contributed by atoms with Crippen LogP contribution in [0.25, 0.3) is 0 Å². The van der Waals surface area contributed by atoms with Crippen molar-refractivity contribution in [2.45, 2.75) is 32.8 Å². The first-order valence-corrected chi connectivity index (χ1v) is 7.88. The Labute approximate surface area is 111 Å². The normalized spacial score (nSPS) is 17.2. The number of hydrogen-bond donors (Lipinski definition) is 0. The molecule has 0 aromatic heterocycles. The molecular weight excluding hydrogens is 252 g/mol. The first kappa shape index (κ1) is 15.1. The summed E-state index contributed by atoms with van der Waals surface area (Å²) in [5.74, 6) is 2.18. The number of rotatable bonds is 6. The van der Waals surface area contributed by atoms with Crippen LogP contribution in [-0.4, -0.2) is 41.9 Å². The highest BCUT2D eigenvalue weighted by Gasteiger charge is 2.28. The van der Waals surface area contributed by atoms with E-state index in [1.165, 1.54) is 12.8 Å². The first-order valence-electron chi connectivity index (χ1n) is 6.15. The molecule has 0 N–H and O–H groups in total. The second-order valence-electron chi connectivity index (χ2n) is 4.55. The number of carbonyl (C=O) groups is 2. The number of esters is 2. The topological polar surface area (TPSA) is 52.6 Å². The lowest BCUT2D eigenvalue weighted by molar-refractivity contribution is -0.153. The summed E-state index contributed by atoms with van der Waals surface area (Å²) in [6.45, 7) is 6.88. The Balaban J connectivity index is 2.18. The Bertz CT molecular complexity index is 321. The lowest BCUT2D eigenvalue weighted by atomic mass is 10.3. The Morgan fingerprint density at radius 3 is 2.50 bits per heavy atom. The maximum absolute atomic E-state index is 11.6. The zero-order chi connectivity index (χ0) is 13.5. The average molecular weight is 273 g/mol. The molecule has 4 nitrogen and oxygen atoms in total. The molecule has 1 atom stereocenters. The maximum Gasteiger partial charge on any atom is 0.356 e. The van der Waals surface area contributed by atoms with Gasteiger partial charge in [0.1, 0.15) is 24.2 Å². The van der Waals surface area contributed by atoms with Crippen LogP contribution in [0.4, 0.5) is 0 Å². The minimum Gasteiger partial charge on any atom is -0.458 e. The van der Waals surface area contributed by atoms with E-state index in [9.17, 15) is 9.59 Å². The molecule has 18 heavy (non-hydrogen) atoms. The highest BCUT2D eigenvalue weighted by atomic mass is 32.2. The summed E-state index contributed by atoms with van der Waals surface area (Å²) in [7, 11) is 0.210. The molecule has 1 saturated heterocycles. The van der Waals surface area contributed by atoms with Gasteiger partial charge in [-0.3, -0.25) is 0 Å². The molecule has 0 spiro atoms. The molecule has 0 aromatic carbocycles. The third-order valence-corrected chi connectivity index (χ3v) is 4.94. The van der Waals surface area contributed by atoms with Crippen LogP contribution >= 0.6 is 0 Å². The van der Waals surface area contributed by atoms with E-state index >= 15 is 0 Å². The minimum absolute atomic E-state index is 0.0885. The summed E-state index contributed by atoms with van der Waals surface area (Å²) in [6, 6.07) is 0. The SMILES string of the molecule is C=C(C)C(=O)OCC(C)OC(=O)C[S+]1CCCC1. The fourth-order valence-electron chi connectivity index (χ4n) is 1.63. The van der Waals surface area contributed by atoms with Crippen molar-refractivity contribution in [3.8, 4) is 0 Å². The summed E-state index contributed by atoms with van der Waals surface area (Å²) in [5, 5.41) is 0. The fraction of sp³-hybridized carbons (Fsp3) is 0.692. The van der Waals surface area contributed by atoms with Gasteiger partial charge in [0, 0.05) is 5.57 Å². The van der Waals surface area contributed by atoms with Gasteiger partial charge in [-0.05, 0) is 37.6 Å². The molecule has 1 fully saturated rings. The zero-order valence-electron chi connectivity index (χ0n) is 11.1. The van der Waals surface area contributed by atoms with E-state index in [1.54, 1.807) is 13.8 Å². The van der Waals surface area contributed by atoms with E-state index in [0.717, 1.165) is 11.5 Å². The van der Waals surface area contributed by atoms with E-state index in [0.29, 0.717) is 11.3 Å². The molecule has 1 unspecified atom stereocenters. The lowest BCUT2D eigenvalue weighted by Gasteiger charge is -2.13. The van der Waals surface area contributed by atoms with Crippen LogP contribution in [0.15, 0.2) is 12.2 Å². The first-order chi connectivity index (χ1) is 8.49. The van der Waals surface area contributed by atoms with Crippen molar-refractivity contribution >= 4 is 22.8 Å². The van der Waals surface area contributed by atoms with Gasteiger partial charge in [-0.2, -0.15) is 0 Å². The van der Waals surface area contributed by atoms with Crippen LogP contribution in [-0.2, 0) is 30.0 Å². The van der Waals surface area contributed by atoms with Gasteiger partial charge in [-0.15, -0.1) is 0 Å². The van der Waals surface area contributed by atoms with Crippen molar-refractivity contribution in [2.75, 3.05) is 23.9 Å². The van der Waals surface area contributed by atoms with Crippen molar-refractivity contribution in [1.29, 1.82) is 0 Å². The summed E-state index contributed by atoms with van der Waals surface area (Å²) in [6.07, 6.45) is 2.05. The van der Waals surface area contributed by atoms with Gasteiger partial charge < -0.3 is 9.47 Å². The summed E-state index contributed by atoms with van der Waals surface area (Å²) in [5.41, 5.74) is 0.348. The second-order valence-corrected chi connectivity index (χ2v) is 6.88. The smallest absolute Gasteiger partial charge is 0.356 e. The molecule has 1 rings (SSSR count). The Morgan fingerprint density at radius 2 is 1.94 bits per heavy atom. The van der Waals surface area contributed by atoms with Crippen LogP contribution < -0.4 is 0 Å². The van der Waals surface area contributed by atoms with Gasteiger partial charge in [0.2, 0.25) is 5.75 Å². The third kappa shape index (κ3) is 5.58. The van der Waals surface area contributed by atoms with Crippen molar-refractivity contribution in [1.82, 2.24) is 0 Å². The largest absolute Gasteiger partial charge is 0.458 e. The number of hydrogen-bond acceptors (Lipinski definition) is 4. The standard InChI is InChI=1S/C13H21O4S/c1-10(2)13(15)16-8-11(3)17-12(14)9-18-6-4-5-7-18/h11H,1,4-9H2,2-3H3/q+1. The average Bonchev–Trinajstić information content (AvgIpc) is 2.78. The molecule has 0 radical (unpaired) electrons.